The van der Waals surface area contributed by atoms with E-state index in [-0.39, 0.29) is 5.91 Å². The molecule has 0 unspecified atom stereocenters. The van der Waals surface area contributed by atoms with Crippen LogP contribution >= 0.6 is 11.3 Å². The maximum absolute atomic E-state index is 12.4. The Morgan fingerprint density at radius 1 is 1.27 bits per heavy atom. The zero-order chi connectivity index (χ0) is 18.4. The molecule has 2 aromatic rings. The van der Waals surface area contributed by atoms with Gasteiger partial charge < -0.3 is 15.1 Å². The van der Waals surface area contributed by atoms with Gasteiger partial charge in [0.15, 0.2) is 5.96 Å². The molecule has 0 atom stereocenters. The van der Waals surface area contributed by atoms with Crippen molar-refractivity contribution in [2.75, 3.05) is 20.6 Å². The number of rotatable bonds is 6. The van der Waals surface area contributed by atoms with Crippen LogP contribution in [-0.2, 0) is 24.4 Å². The molecule has 1 aromatic carbocycles. The van der Waals surface area contributed by atoms with Gasteiger partial charge in [-0.1, -0.05) is 24.3 Å². The van der Waals surface area contributed by atoms with Crippen LogP contribution in [0.2, 0.25) is 0 Å². The van der Waals surface area contributed by atoms with E-state index >= 15 is 0 Å². The van der Waals surface area contributed by atoms with Gasteiger partial charge in [-0.2, -0.15) is 11.3 Å². The van der Waals surface area contributed by atoms with Crippen LogP contribution in [0.15, 0.2) is 46.1 Å². The molecule has 138 valence electrons. The first-order chi connectivity index (χ1) is 12.7. The molecule has 0 bridgehead atoms. The lowest BCUT2D eigenvalue weighted by molar-refractivity contribution is -0.131. The summed E-state index contributed by atoms with van der Waals surface area (Å²) < 4.78 is 0. The molecule has 1 aliphatic rings. The molecule has 5 nitrogen and oxygen atoms in total. The number of guanidine groups is 1. The van der Waals surface area contributed by atoms with Gasteiger partial charge in [-0.25, -0.2) is 0 Å². The van der Waals surface area contributed by atoms with Gasteiger partial charge in [-0.3, -0.25) is 9.79 Å². The van der Waals surface area contributed by atoms with Crippen LogP contribution in [0.3, 0.4) is 0 Å². The quantitative estimate of drug-likeness (QED) is 0.483. The first-order valence-electron chi connectivity index (χ1n) is 8.95. The highest BCUT2D eigenvalue weighted by Crippen LogP contribution is 2.22. The molecule has 6 heteroatoms. The minimum absolute atomic E-state index is 0.226. The monoisotopic (exact) mass is 370 g/mol. The average Bonchev–Trinajstić information content (AvgIpc) is 3.30. The number of hydrogen-bond acceptors (Lipinski definition) is 3. The first kappa shape index (κ1) is 18.5. The second-order valence-electron chi connectivity index (χ2n) is 6.58. The van der Waals surface area contributed by atoms with Crippen LogP contribution in [0.25, 0.3) is 0 Å². The Hall–Kier alpha value is -2.34. The van der Waals surface area contributed by atoms with Crippen LogP contribution < -0.4 is 5.32 Å². The van der Waals surface area contributed by atoms with E-state index in [2.05, 4.69) is 44.2 Å². The van der Waals surface area contributed by atoms with Crippen molar-refractivity contribution in [1.29, 1.82) is 0 Å². The minimum Gasteiger partial charge on any atom is -0.356 e. The predicted octanol–water partition coefficient (Wildman–Crippen LogP) is 3.08. The highest BCUT2D eigenvalue weighted by Gasteiger charge is 2.22. The molecule has 0 fully saturated rings. The molecule has 0 saturated carbocycles. The summed E-state index contributed by atoms with van der Waals surface area (Å²) >= 11 is 1.70. The summed E-state index contributed by atoms with van der Waals surface area (Å²) in [5.74, 6) is 1.09. The van der Waals surface area contributed by atoms with Gasteiger partial charge in [0.2, 0.25) is 5.91 Å². The highest BCUT2D eigenvalue weighted by molar-refractivity contribution is 7.07. The normalized spacial score (nSPS) is 13.6. The fraction of sp³-hybridized carbons (Fsp3) is 0.400. The fourth-order valence-electron chi connectivity index (χ4n) is 3.22. The Labute approximate surface area is 159 Å². The van der Waals surface area contributed by atoms with Crippen LogP contribution in [0.5, 0.6) is 0 Å². The maximum Gasteiger partial charge on any atom is 0.223 e. The SMILES string of the molecule is CN=C(NCCCC(=O)N1Cc2ccccc2C1)N(C)Cc1ccsc1. The summed E-state index contributed by atoms with van der Waals surface area (Å²) in [6.45, 7) is 3.06. The number of nitrogens with zero attached hydrogens (tertiary/aromatic N) is 3. The Bertz CT molecular complexity index is 732. The van der Waals surface area contributed by atoms with Crippen molar-refractivity contribution in [3.05, 3.63) is 57.8 Å². The zero-order valence-electron chi connectivity index (χ0n) is 15.4. The van der Waals surface area contributed by atoms with E-state index in [1.807, 2.05) is 24.1 Å². The molecular formula is C20H26N4OS. The number of thiophene rings is 1. The molecule has 0 radical (unpaired) electrons. The van der Waals surface area contributed by atoms with Crippen LogP contribution in [0.1, 0.15) is 29.5 Å². The lowest BCUT2D eigenvalue weighted by atomic mass is 10.1. The Kier molecular flexibility index (Phi) is 6.28. The molecule has 3 rings (SSSR count). The van der Waals surface area contributed by atoms with Gasteiger partial charge in [-0.15, -0.1) is 0 Å². The number of fused-ring (bicyclic) bond motifs is 1. The highest BCUT2D eigenvalue weighted by atomic mass is 32.1. The van der Waals surface area contributed by atoms with Gasteiger partial charge in [0.1, 0.15) is 0 Å². The van der Waals surface area contributed by atoms with Crippen molar-refractivity contribution >= 4 is 23.2 Å². The standard InChI is InChI=1S/C20H26N4OS/c1-21-20(23(2)12-16-9-11-26-15-16)22-10-5-8-19(25)24-13-17-6-3-4-7-18(17)14-24/h3-4,6-7,9,11,15H,5,8,10,12-14H2,1-2H3,(H,21,22). The Balaban J connectivity index is 1.38. The third kappa shape index (κ3) is 4.64. The fourth-order valence-corrected chi connectivity index (χ4v) is 3.88. The molecular weight excluding hydrogens is 344 g/mol. The summed E-state index contributed by atoms with van der Waals surface area (Å²) in [5.41, 5.74) is 3.83. The van der Waals surface area contributed by atoms with Crippen molar-refractivity contribution in [1.82, 2.24) is 15.1 Å². The zero-order valence-corrected chi connectivity index (χ0v) is 16.3. The van der Waals surface area contributed by atoms with Crippen LogP contribution in [-0.4, -0.2) is 42.3 Å². The van der Waals surface area contributed by atoms with E-state index in [0.717, 1.165) is 38.6 Å². The number of carbonyl (C=O) groups is 1. The maximum atomic E-state index is 12.4. The summed E-state index contributed by atoms with van der Waals surface area (Å²) in [6.07, 6.45) is 1.36. The lowest BCUT2D eigenvalue weighted by Crippen LogP contribution is -2.39. The summed E-state index contributed by atoms with van der Waals surface area (Å²) in [5, 5.41) is 7.59. The van der Waals surface area contributed by atoms with E-state index in [4.69, 9.17) is 0 Å². The molecule has 0 saturated heterocycles. The average molecular weight is 371 g/mol. The van der Waals surface area contributed by atoms with Gasteiger partial charge >= 0.3 is 0 Å². The predicted molar refractivity (Wildman–Crippen MR) is 107 cm³/mol. The Morgan fingerprint density at radius 3 is 2.62 bits per heavy atom. The molecule has 0 spiro atoms. The van der Waals surface area contributed by atoms with Crippen LogP contribution in [0, 0.1) is 0 Å². The van der Waals surface area contributed by atoms with Crippen molar-refractivity contribution in [3.63, 3.8) is 0 Å². The van der Waals surface area contributed by atoms with Crippen molar-refractivity contribution in [2.45, 2.75) is 32.5 Å². The molecule has 26 heavy (non-hydrogen) atoms. The van der Waals surface area contributed by atoms with Crippen molar-refractivity contribution < 1.29 is 4.79 Å². The number of nitrogens with one attached hydrogen (secondary N) is 1. The van der Waals surface area contributed by atoms with Crippen LogP contribution in [0.4, 0.5) is 0 Å². The smallest absolute Gasteiger partial charge is 0.223 e. The number of hydrogen-bond donors (Lipinski definition) is 1. The lowest BCUT2D eigenvalue weighted by Gasteiger charge is -2.22. The number of aliphatic imine (C=N–C) groups is 1. The van der Waals surface area contributed by atoms with Gasteiger partial charge in [0.05, 0.1) is 0 Å². The second kappa shape index (κ2) is 8.85. The van der Waals surface area contributed by atoms with E-state index in [9.17, 15) is 4.79 Å². The summed E-state index contributed by atoms with van der Waals surface area (Å²) in [6, 6.07) is 10.4. The topological polar surface area (TPSA) is 47.9 Å². The number of benzene rings is 1. The molecule has 0 aliphatic carbocycles. The Morgan fingerprint density at radius 2 is 2.00 bits per heavy atom. The molecule has 1 N–H and O–H groups in total. The van der Waals surface area contributed by atoms with Gasteiger partial charge in [0.25, 0.3) is 0 Å². The molecule has 1 aliphatic heterocycles. The van der Waals surface area contributed by atoms with E-state index in [1.54, 1.807) is 18.4 Å². The molecule has 2 heterocycles. The number of carbonyl (C=O) groups excluding carboxylic acids is 1. The minimum atomic E-state index is 0.226. The largest absolute Gasteiger partial charge is 0.356 e. The summed E-state index contributed by atoms with van der Waals surface area (Å²) in [7, 11) is 3.82. The van der Waals surface area contributed by atoms with Gasteiger partial charge in [0, 0.05) is 46.7 Å². The third-order valence-electron chi connectivity index (χ3n) is 4.62. The van der Waals surface area contributed by atoms with Gasteiger partial charge in [-0.05, 0) is 39.9 Å². The van der Waals surface area contributed by atoms with E-state index in [0.29, 0.717) is 6.42 Å². The van der Waals surface area contributed by atoms with Crippen molar-refractivity contribution in [3.8, 4) is 0 Å². The third-order valence-corrected chi connectivity index (χ3v) is 5.35. The summed E-state index contributed by atoms with van der Waals surface area (Å²) in [4.78, 5) is 20.8. The molecule has 1 amide bonds. The first-order valence-corrected chi connectivity index (χ1v) is 9.89. The molecule has 1 aromatic heterocycles. The van der Waals surface area contributed by atoms with Crippen molar-refractivity contribution in [2.24, 2.45) is 4.99 Å². The van der Waals surface area contributed by atoms with E-state index in [1.165, 1.54) is 16.7 Å². The van der Waals surface area contributed by atoms with E-state index < -0.39 is 0 Å². The number of amides is 1. The second-order valence-corrected chi connectivity index (χ2v) is 7.36.